The number of nitrogens with one attached hydrogen (secondary N) is 1. The number of carbonyl (C=O) groups is 1. The van der Waals surface area contributed by atoms with Crippen LogP contribution in [0.1, 0.15) is 31.7 Å². The van der Waals surface area contributed by atoms with Crippen molar-refractivity contribution in [2.45, 2.75) is 38.8 Å². The molecule has 114 valence electrons. The molecule has 0 radical (unpaired) electrons. The summed E-state index contributed by atoms with van der Waals surface area (Å²) in [6.07, 6.45) is 4.69. The second kappa shape index (κ2) is 6.43. The number of nitrogens with zero attached hydrogens (tertiary/aromatic N) is 3. The summed E-state index contributed by atoms with van der Waals surface area (Å²) in [5.74, 6) is 1.34. The average molecular weight is 288 g/mol. The summed E-state index contributed by atoms with van der Waals surface area (Å²) in [6.45, 7) is 6.86. The molecule has 0 spiro atoms. The van der Waals surface area contributed by atoms with Crippen molar-refractivity contribution in [3.63, 3.8) is 0 Å². The lowest BCUT2D eigenvalue weighted by molar-refractivity contribution is -0.130. The molecule has 1 atom stereocenters. The first kappa shape index (κ1) is 14.3. The Kier molecular flexibility index (Phi) is 4.39. The molecule has 0 aliphatic carbocycles. The first-order chi connectivity index (χ1) is 10.3. The first-order valence-corrected chi connectivity index (χ1v) is 7.97. The van der Waals surface area contributed by atoms with Gasteiger partial charge in [-0.2, -0.15) is 0 Å². The summed E-state index contributed by atoms with van der Waals surface area (Å²) in [5, 5.41) is 3.40. The van der Waals surface area contributed by atoms with Crippen LogP contribution >= 0.6 is 0 Å². The molecule has 1 unspecified atom stereocenters. The van der Waals surface area contributed by atoms with Crippen molar-refractivity contribution >= 4 is 11.7 Å². The van der Waals surface area contributed by atoms with E-state index in [4.69, 9.17) is 0 Å². The van der Waals surface area contributed by atoms with Crippen LogP contribution in [0, 0.1) is 0 Å². The summed E-state index contributed by atoms with van der Waals surface area (Å²) in [5.41, 5.74) is 1.25. The molecular formula is C16H24N4O. The molecule has 21 heavy (non-hydrogen) atoms. The van der Waals surface area contributed by atoms with E-state index in [1.165, 1.54) is 5.56 Å². The predicted molar refractivity (Wildman–Crippen MR) is 83.0 cm³/mol. The van der Waals surface area contributed by atoms with Crippen molar-refractivity contribution in [3.8, 4) is 0 Å². The van der Waals surface area contributed by atoms with Crippen LogP contribution in [0.4, 0.5) is 5.82 Å². The molecule has 1 amide bonds. The van der Waals surface area contributed by atoms with Crippen molar-refractivity contribution < 1.29 is 4.79 Å². The Hall–Kier alpha value is -1.62. The van der Waals surface area contributed by atoms with E-state index >= 15 is 0 Å². The maximum absolute atomic E-state index is 11.7. The van der Waals surface area contributed by atoms with Gasteiger partial charge in [-0.3, -0.25) is 9.69 Å². The molecule has 0 bridgehead atoms. The smallest absolute Gasteiger partial charge is 0.222 e. The molecule has 3 heterocycles. The molecule has 1 N–H and O–H groups in total. The van der Waals surface area contributed by atoms with Gasteiger partial charge < -0.3 is 10.2 Å². The fraction of sp³-hybridized carbons (Fsp3) is 0.625. The Morgan fingerprint density at radius 2 is 2.33 bits per heavy atom. The molecule has 5 nitrogen and oxygen atoms in total. The van der Waals surface area contributed by atoms with E-state index < -0.39 is 0 Å². The highest BCUT2D eigenvalue weighted by atomic mass is 16.2. The number of hydrogen-bond acceptors (Lipinski definition) is 4. The Morgan fingerprint density at radius 1 is 1.43 bits per heavy atom. The van der Waals surface area contributed by atoms with Gasteiger partial charge in [-0.25, -0.2) is 4.98 Å². The SMILES string of the molecule is CCCNc1ncccc1CN1CCN2C(=O)CCC2C1. The lowest BCUT2D eigenvalue weighted by atomic mass is 10.1. The zero-order chi connectivity index (χ0) is 14.7. The van der Waals surface area contributed by atoms with E-state index in [0.29, 0.717) is 11.9 Å². The largest absolute Gasteiger partial charge is 0.370 e. The second-order valence-corrected chi connectivity index (χ2v) is 5.95. The predicted octanol–water partition coefficient (Wildman–Crippen LogP) is 1.71. The number of rotatable bonds is 5. The fourth-order valence-electron chi connectivity index (χ4n) is 3.28. The van der Waals surface area contributed by atoms with Crippen LogP contribution < -0.4 is 5.32 Å². The number of pyridine rings is 1. The maximum Gasteiger partial charge on any atom is 0.222 e. The van der Waals surface area contributed by atoms with Crippen molar-refractivity contribution in [2.75, 3.05) is 31.5 Å². The zero-order valence-electron chi connectivity index (χ0n) is 12.7. The lowest BCUT2D eigenvalue weighted by Gasteiger charge is -2.37. The van der Waals surface area contributed by atoms with Crippen LogP contribution in [0.15, 0.2) is 18.3 Å². The highest BCUT2D eigenvalue weighted by Crippen LogP contribution is 2.24. The maximum atomic E-state index is 11.7. The van der Waals surface area contributed by atoms with Gasteiger partial charge in [-0.1, -0.05) is 13.0 Å². The first-order valence-electron chi connectivity index (χ1n) is 7.97. The lowest BCUT2D eigenvalue weighted by Crippen LogP contribution is -2.51. The number of carbonyl (C=O) groups excluding carboxylic acids is 1. The van der Waals surface area contributed by atoms with Gasteiger partial charge in [-0.15, -0.1) is 0 Å². The minimum atomic E-state index is 0.339. The Balaban J connectivity index is 1.63. The van der Waals surface area contributed by atoms with Gasteiger partial charge >= 0.3 is 0 Å². The van der Waals surface area contributed by atoms with Gasteiger partial charge in [0.2, 0.25) is 5.91 Å². The van der Waals surface area contributed by atoms with E-state index in [-0.39, 0.29) is 0 Å². The van der Waals surface area contributed by atoms with E-state index in [1.807, 2.05) is 12.3 Å². The van der Waals surface area contributed by atoms with Gasteiger partial charge in [0.1, 0.15) is 5.82 Å². The Labute approximate surface area is 126 Å². The molecule has 0 aromatic carbocycles. The molecular weight excluding hydrogens is 264 g/mol. The number of anilines is 1. The van der Waals surface area contributed by atoms with Crippen molar-refractivity contribution in [1.29, 1.82) is 0 Å². The monoisotopic (exact) mass is 288 g/mol. The van der Waals surface area contributed by atoms with Crippen LogP contribution in [0.2, 0.25) is 0 Å². The number of aromatic nitrogens is 1. The summed E-state index contributed by atoms with van der Waals surface area (Å²) in [4.78, 5) is 20.7. The van der Waals surface area contributed by atoms with Crippen LogP contribution in [-0.2, 0) is 11.3 Å². The molecule has 1 aromatic heterocycles. The minimum Gasteiger partial charge on any atom is -0.370 e. The summed E-state index contributed by atoms with van der Waals surface area (Å²) < 4.78 is 0. The fourth-order valence-corrected chi connectivity index (χ4v) is 3.28. The standard InChI is InChI=1S/C16H24N4O/c1-2-7-17-16-13(4-3-8-18-16)11-19-9-10-20-14(12-19)5-6-15(20)21/h3-4,8,14H,2,5-7,9-12H2,1H3,(H,17,18). The van der Waals surface area contributed by atoms with Crippen LogP contribution in [0.3, 0.4) is 0 Å². The van der Waals surface area contributed by atoms with Gasteiger partial charge in [0.15, 0.2) is 0 Å². The molecule has 2 fully saturated rings. The number of hydrogen-bond donors (Lipinski definition) is 1. The molecule has 5 heteroatoms. The molecule has 2 aliphatic heterocycles. The van der Waals surface area contributed by atoms with E-state index in [9.17, 15) is 4.79 Å². The van der Waals surface area contributed by atoms with Crippen molar-refractivity contribution in [1.82, 2.24) is 14.8 Å². The number of piperazine rings is 1. The quantitative estimate of drug-likeness (QED) is 0.896. The van der Waals surface area contributed by atoms with Crippen molar-refractivity contribution in [2.24, 2.45) is 0 Å². The molecule has 0 saturated carbocycles. The highest BCUT2D eigenvalue weighted by molar-refractivity contribution is 5.78. The number of amides is 1. The Bertz CT molecular complexity index is 505. The van der Waals surface area contributed by atoms with Crippen LogP contribution in [0.25, 0.3) is 0 Å². The number of fused-ring (bicyclic) bond motifs is 1. The topological polar surface area (TPSA) is 48.5 Å². The summed E-state index contributed by atoms with van der Waals surface area (Å²) in [6, 6.07) is 4.58. The van der Waals surface area contributed by atoms with Gasteiger partial charge in [0.25, 0.3) is 0 Å². The third kappa shape index (κ3) is 3.18. The van der Waals surface area contributed by atoms with Crippen LogP contribution in [-0.4, -0.2) is 52.9 Å². The van der Waals surface area contributed by atoms with Gasteiger partial charge in [-0.05, 0) is 18.9 Å². The third-order valence-electron chi connectivity index (χ3n) is 4.41. The Morgan fingerprint density at radius 3 is 3.19 bits per heavy atom. The minimum absolute atomic E-state index is 0.339. The molecule has 2 saturated heterocycles. The highest BCUT2D eigenvalue weighted by Gasteiger charge is 2.35. The van der Waals surface area contributed by atoms with Gasteiger partial charge in [0.05, 0.1) is 0 Å². The van der Waals surface area contributed by atoms with Crippen molar-refractivity contribution in [3.05, 3.63) is 23.9 Å². The van der Waals surface area contributed by atoms with Crippen LogP contribution in [0.5, 0.6) is 0 Å². The van der Waals surface area contributed by atoms with Gasteiger partial charge in [0, 0.05) is 56.9 Å². The molecule has 3 rings (SSSR count). The molecule has 2 aliphatic rings. The van der Waals surface area contributed by atoms with E-state index in [1.54, 1.807) is 0 Å². The summed E-state index contributed by atoms with van der Waals surface area (Å²) in [7, 11) is 0. The zero-order valence-corrected chi connectivity index (χ0v) is 12.7. The molecule has 1 aromatic rings. The van der Waals surface area contributed by atoms with E-state index in [2.05, 4.69) is 33.1 Å². The second-order valence-electron chi connectivity index (χ2n) is 5.95. The average Bonchev–Trinajstić information content (AvgIpc) is 2.87. The normalized spacial score (nSPS) is 22.4. The summed E-state index contributed by atoms with van der Waals surface area (Å²) >= 11 is 0. The third-order valence-corrected chi connectivity index (χ3v) is 4.41. The van der Waals surface area contributed by atoms with E-state index in [0.717, 1.165) is 57.8 Å².